The summed E-state index contributed by atoms with van der Waals surface area (Å²) >= 11 is 0. The lowest BCUT2D eigenvalue weighted by Crippen LogP contribution is -2.32. The minimum Gasteiger partial charge on any atom is -0.457 e. The van der Waals surface area contributed by atoms with E-state index >= 15 is 0 Å². The molecule has 3 nitrogen and oxygen atoms in total. The van der Waals surface area contributed by atoms with Crippen molar-refractivity contribution in [3.05, 3.63) is 253 Å². The number of fused-ring (bicyclic) bond motifs is 18. The van der Waals surface area contributed by atoms with Gasteiger partial charge in [-0.1, -0.05) is 170 Å². The van der Waals surface area contributed by atoms with Crippen molar-refractivity contribution in [2.75, 3.05) is 0 Å². The zero-order valence-corrected chi connectivity index (χ0v) is 35.7. The number of nitrogens with zero attached hydrogens (tertiary/aromatic N) is 2. The van der Waals surface area contributed by atoms with E-state index in [4.69, 9.17) is 4.74 Å². The van der Waals surface area contributed by atoms with Crippen molar-refractivity contribution in [1.82, 2.24) is 9.13 Å². The number of hydrogen-bond acceptors (Lipinski definition) is 1. The molecule has 0 fully saturated rings. The minimum atomic E-state index is -0.508. The van der Waals surface area contributed by atoms with Gasteiger partial charge in [0.25, 0.3) is 0 Å². The van der Waals surface area contributed by atoms with E-state index in [1.807, 2.05) is 0 Å². The van der Waals surface area contributed by atoms with Crippen LogP contribution in [0.2, 0.25) is 0 Å². The summed E-state index contributed by atoms with van der Waals surface area (Å²) in [7, 11) is 0. The highest BCUT2D eigenvalue weighted by Crippen LogP contribution is 2.62. The summed E-state index contributed by atoms with van der Waals surface area (Å²) in [6, 6.07) is 85.1. The largest absolute Gasteiger partial charge is 0.457 e. The Kier molecular flexibility index (Phi) is 7.15. The Balaban J connectivity index is 0.935. The molecule has 1 aliphatic carbocycles. The number of para-hydroxylation sites is 4. The van der Waals surface area contributed by atoms with E-state index in [0.29, 0.717) is 0 Å². The number of aromatic nitrogens is 2. The van der Waals surface area contributed by atoms with E-state index in [0.717, 1.165) is 22.9 Å². The van der Waals surface area contributed by atoms with Crippen LogP contribution in [0.15, 0.2) is 231 Å². The van der Waals surface area contributed by atoms with Crippen LogP contribution >= 0.6 is 0 Å². The monoisotopic (exact) mass is 838 g/mol. The maximum Gasteiger partial charge on any atom is 0.132 e. The number of ether oxygens (including phenoxy) is 1. The molecule has 1 spiro atoms. The van der Waals surface area contributed by atoms with Crippen LogP contribution < -0.4 is 4.74 Å². The predicted octanol–water partition coefficient (Wildman–Crippen LogP) is 16.3. The zero-order chi connectivity index (χ0) is 43.1. The van der Waals surface area contributed by atoms with E-state index in [1.165, 1.54) is 110 Å². The summed E-state index contributed by atoms with van der Waals surface area (Å²) in [5, 5.41) is 10.00. The summed E-state index contributed by atoms with van der Waals surface area (Å²) < 4.78 is 11.5. The highest BCUT2D eigenvalue weighted by Gasteiger charge is 2.51. The molecule has 0 saturated heterocycles. The van der Waals surface area contributed by atoms with Gasteiger partial charge in [0.2, 0.25) is 0 Å². The lowest BCUT2D eigenvalue weighted by molar-refractivity contribution is 0.436. The number of hydrogen-bond donors (Lipinski definition) is 0. The van der Waals surface area contributed by atoms with Crippen molar-refractivity contribution in [2.24, 2.45) is 0 Å². The molecule has 0 N–H and O–H groups in total. The van der Waals surface area contributed by atoms with Crippen LogP contribution in [0.4, 0.5) is 0 Å². The van der Waals surface area contributed by atoms with E-state index in [9.17, 15) is 0 Å². The average Bonchev–Trinajstić information content (AvgIpc) is 4.00. The van der Waals surface area contributed by atoms with E-state index in [2.05, 4.69) is 240 Å². The Morgan fingerprint density at radius 2 is 0.758 bits per heavy atom. The molecule has 66 heavy (non-hydrogen) atoms. The first-order valence-electron chi connectivity index (χ1n) is 22.8. The van der Waals surface area contributed by atoms with Gasteiger partial charge in [-0.25, -0.2) is 0 Å². The van der Waals surface area contributed by atoms with Crippen molar-refractivity contribution in [3.63, 3.8) is 0 Å². The smallest absolute Gasteiger partial charge is 0.132 e. The molecule has 15 rings (SSSR count). The fraction of sp³-hybridized carbons (Fsp3) is 0.0159. The quantitative estimate of drug-likeness (QED) is 0.162. The van der Waals surface area contributed by atoms with E-state index in [-0.39, 0.29) is 0 Å². The Morgan fingerprint density at radius 1 is 0.288 bits per heavy atom. The first kappa shape index (κ1) is 35.8. The molecule has 3 heterocycles. The second kappa shape index (κ2) is 13.2. The van der Waals surface area contributed by atoms with Crippen LogP contribution in [0.5, 0.6) is 11.5 Å². The Morgan fingerprint density at radius 3 is 1.42 bits per heavy atom. The molecule has 11 aromatic carbocycles. The van der Waals surface area contributed by atoms with Crippen molar-refractivity contribution in [1.29, 1.82) is 0 Å². The van der Waals surface area contributed by atoms with Gasteiger partial charge in [-0.2, -0.15) is 0 Å². The molecule has 3 heteroatoms. The molecule has 0 bridgehead atoms. The molecule has 0 radical (unpaired) electrons. The highest BCUT2D eigenvalue weighted by atomic mass is 16.5. The molecule has 2 aromatic heterocycles. The van der Waals surface area contributed by atoms with Crippen molar-refractivity contribution < 1.29 is 4.74 Å². The topological polar surface area (TPSA) is 19.1 Å². The second-order valence-corrected chi connectivity index (χ2v) is 18.0. The van der Waals surface area contributed by atoms with Gasteiger partial charge < -0.3 is 13.9 Å². The van der Waals surface area contributed by atoms with Gasteiger partial charge in [-0.15, -0.1) is 0 Å². The Hall–Kier alpha value is -8.66. The van der Waals surface area contributed by atoms with Crippen molar-refractivity contribution >= 4 is 65.2 Å². The molecule has 2 aliphatic rings. The normalized spacial score (nSPS) is 13.4. The van der Waals surface area contributed by atoms with Gasteiger partial charge in [-0.3, -0.25) is 0 Å². The molecular weight excluding hydrogens is 801 g/mol. The summed E-state index contributed by atoms with van der Waals surface area (Å²) in [4.78, 5) is 0. The zero-order valence-electron chi connectivity index (χ0n) is 35.7. The van der Waals surface area contributed by atoms with Gasteiger partial charge in [0.1, 0.15) is 11.5 Å². The molecular formula is C63H38N2O. The predicted molar refractivity (Wildman–Crippen MR) is 273 cm³/mol. The van der Waals surface area contributed by atoms with Crippen LogP contribution in [0.25, 0.3) is 98.8 Å². The fourth-order valence-corrected chi connectivity index (χ4v) is 12.0. The summed E-state index contributed by atoms with van der Waals surface area (Å²) in [5.41, 5.74) is 16.3. The van der Waals surface area contributed by atoms with Crippen molar-refractivity contribution in [3.8, 4) is 45.1 Å². The van der Waals surface area contributed by atoms with Crippen LogP contribution in [-0.4, -0.2) is 9.13 Å². The van der Waals surface area contributed by atoms with E-state index in [1.54, 1.807) is 0 Å². The lowest BCUT2D eigenvalue weighted by atomic mass is 9.66. The summed E-state index contributed by atoms with van der Waals surface area (Å²) in [6.07, 6.45) is 0. The minimum absolute atomic E-state index is 0.508. The standard InChI is InChI=1S/C63H38N2O/c1-2-14-45-39(13-1)25-26-40-27-30-43(37-51(40)45)64-57-21-9-4-16-47(57)49-32-28-41(35-59(49)64)42-29-33-50-48-17-5-10-22-58(48)65(60(50)36-42)44-31-34-54-52(38-44)46-15-3-6-18-53(46)63(54)55-19-7-11-23-61(55)66-62-24-12-8-20-56(62)63/h1-38H. The van der Waals surface area contributed by atoms with Gasteiger partial charge in [0, 0.05) is 44.0 Å². The van der Waals surface area contributed by atoms with Crippen LogP contribution in [-0.2, 0) is 5.41 Å². The molecule has 13 aromatic rings. The third-order valence-electron chi connectivity index (χ3n) is 14.8. The van der Waals surface area contributed by atoms with Crippen LogP contribution in [0, 0.1) is 0 Å². The molecule has 1 aliphatic heterocycles. The summed E-state index contributed by atoms with van der Waals surface area (Å²) in [5.74, 6) is 1.81. The Bertz CT molecular complexity index is 4180. The molecule has 0 unspecified atom stereocenters. The fourth-order valence-electron chi connectivity index (χ4n) is 12.0. The number of benzene rings is 11. The van der Waals surface area contributed by atoms with Crippen molar-refractivity contribution in [2.45, 2.75) is 5.41 Å². The van der Waals surface area contributed by atoms with Crippen LogP contribution in [0.3, 0.4) is 0 Å². The molecule has 0 atom stereocenters. The third kappa shape index (κ3) is 4.71. The van der Waals surface area contributed by atoms with Crippen LogP contribution in [0.1, 0.15) is 22.3 Å². The van der Waals surface area contributed by atoms with Gasteiger partial charge in [0.15, 0.2) is 0 Å². The highest BCUT2D eigenvalue weighted by molar-refractivity contribution is 6.13. The maximum atomic E-state index is 6.61. The third-order valence-corrected chi connectivity index (χ3v) is 14.8. The maximum absolute atomic E-state index is 6.61. The van der Waals surface area contributed by atoms with E-state index < -0.39 is 5.41 Å². The summed E-state index contributed by atoms with van der Waals surface area (Å²) in [6.45, 7) is 0. The second-order valence-electron chi connectivity index (χ2n) is 18.0. The van der Waals surface area contributed by atoms with Gasteiger partial charge >= 0.3 is 0 Å². The van der Waals surface area contributed by atoms with Gasteiger partial charge in [0.05, 0.1) is 27.5 Å². The van der Waals surface area contributed by atoms with Gasteiger partial charge in [-0.05, 0) is 116 Å². The Labute approximate surface area is 380 Å². The molecule has 0 saturated carbocycles. The first-order chi connectivity index (χ1) is 32.7. The average molecular weight is 839 g/mol. The SMILES string of the molecule is c1ccc2c(c1)Oc1ccccc1C21c2ccccc2-c2cc(-n3c4ccccc4c4ccc(-c5ccc6c7ccccc7n(-c7ccc8ccc9ccccc9c8c7)c6c5)cc43)ccc21. The molecule has 0 amide bonds. The first-order valence-corrected chi connectivity index (χ1v) is 22.8. The lowest BCUT2D eigenvalue weighted by Gasteiger charge is -2.39. The number of rotatable bonds is 3. The molecule has 306 valence electrons.